The van der Waals surface area contributed by atoms with Gasteiger partial charge in [-0.25, -0.2) is 9.18 Å². The molecule has 1 saturated heterocycles. The molecule has 0 unspecified atom stereocenters. The van der Waals surface area contributed by atoms with E-state index in [9.17, 15) is 9.18 Å². The minimum Gasteiger partial charge on any atom is -0.489 e. The topological polar surface area (TPSA) is 74.0 Å². The Morgan fingerprint density at radius 1 is 1.03 bits per heavy atom. The van der Waals surface area contributed by atoms with Gasteiger partial charge in [-0.05, 0) is 59.5 Å². The molecule has 2 N–H and O–H groups in total. The normalized spacial score (nSPS) is 15.0. The molecule has 168 valence electrons. The van der Waals surface area contributed by atoms with Crippen molar-refractivity contribution in [2.75, 3.05) is 26.3 Å². The minimum atomic E-state index is -0.816. The number of primary amides is 1. The molecule has 32 heavy (non-hydrogen) atoms. The van der Waals surface area contributed by atoms with Gasteiger partial charge in [0.25, 0.3) is 0 Å². The molecule has 0 aliphatic carbocycles. The van der Waals surface area contributed by atoms with Gasteiger partial charge in [-0.2, -0.15) is 5.06 Å². The molecule has 6 nitrogen and oxygen atoms in total. The number of ether oxygens (including phenoxy) is 2. The Morgan fingerprint density at radius 3 is 2.53 bits per heavy atom. The number of fused-ring (bicyclic) bond motifs is 1. The number of hydrogen-bond donors (Lipinski definition) is 1. The lowest BCUT2D eigenvalue weighted by Gasteiger charge is -2.31. The highest BCUT2D eigenvalue weighted by atomic mass is 19.1. The van der Waals surface area contributed by atoms with E-state index in [-0.39, 0.29) is 19.0 Å². The molecule has 1 fully saturated rings. The summed E-state index contributed by atoms with van der Waals surface area (Å²) in [5.74, 6) is 0.942. The number of piperidine rings is 1. The second kappa shape index (κ2) is 10.4. The molecule has 7 heteroatoms. The van der Waals surface area contributed by atoms with Crippen LogP contribution in [0.3, 0.4) is 0 Å². The first kappa shape index (κ1) is 22.0. The van der Waals surface area contributed by atoms with Gasteiger partial charge in [-0.1, -0.05) is 36.4 Å². The third-order valence-electron chi connectivity index (χ3n) is 5.68. The lowest BCUT2D eigenvalue weighted by molar-refractivity contribution is -0.180. The lowest BCUT2D eigenvalue weighted by Crippen LogP contribution is -2.32. The molecular weight excluding hydrogens is 411 g/mol. The zero-order chi connectivity index (χ0) is 22.3. The van der Waals surface area contributed by atoms with E-state index in [4.69, 9.17) is 20.0 Å². The van der Waals surface area contributed by atoms with E-state index in [1.165, 1.54) is 17.7 Å². The first-order valence-corrected chi connectivity index (χ1v) is 10.8. The number of benzene rings is 3. The summed E-state index contributed by atoms with van der Waals surface area (Å²) in [6.07, 6.45) is 1.12. The number of hydrogen-bond acceptors (Lipinski definition) is 5. The van der Waals surface area contributed by atoms with Crippen LogP contribution in [0, 0.1) is 5.82 Å². The average molecular weight is 438 g/mol. The maximum Gasteiger partial charge on any atom is 0.404 e. The molecule has 1 heterocycles. The standard InChI is InChI=1S/C25H27FN2O4/c26-22-7-5-19(6-8-22)20-9-11-28(12-10-20)32-17-18-15-21-3-1-2-4-23(21)24(16-18)30-13-14-31-25(27)29/h1-8,15-16,20H,9-14,17H2,(H2,27,29). The van der Waals surface area contributed by atoms with E-state index in [1.54, 1.807) is 0 Å². The highest BCUT2D eigenvalue weighted by Crippen LogP contribution is 2.30. The Labute approximate surface area is 186 Å². The van der Waals surface area contributed by atoms with Crippen molar-refractivity contribution in [2.24, 2.45) is 5.73 Å². The zero-order valence-corrected chi connectivity index (χ0v) is 17.8. The molecule has 1 amide bonds. The quantitative estimate of drug-likeness (QED) is 0.513. The van der Waals surface area contributed by atoms with Crippen molar-refractivity contribution >= 4 is 16.9 Å². The van der Waals surface area contributed by atoms with Gasteiger partial charge in [0, 0.05) is 18.5 Å². The van der Waals surface area contributed by atoms with Crippen molar-refractivity contribution in [3.8, 4) is 5.75 Å². The number of carbonyl (C=O) groups is 1. The van der Waals surface area contributed by atoms with E-state index in [1.807, 2.05) is 47.5 Å². The van der Waals surface area contributed by atoms with Crippen LogP contribution < -0.4 is 10.5 Å². The van der Waals surface area contributed by atoms with Crippen molar-refractivity contribution in [2.45, 2.75) is 25.4 Å². The van der Waals surface area contributed by atoms with E-state index >= 15 is 0 Å². The summed E-state index contributed by atoms with van der Waals surface area (Å²) in [6.45, 7) is 2.38. The summed E-state index contributed by atoms with van der Waals surface area (Å²) in [4.78, 5) is 16.8. The Bertz CT molecular complexity index is 1050. The lowest BCUT2D eigenvalue weighted by atomic mass is 9.90. The van der Waals surface area contributed by atoms with Crippen LogP contribution in [0.5, 0.6) is 5.75 Å². The molecular formula is C25H27FN2O4. The van der Waals surface area contributed by atoms with Gasteiger partial charge in [-0.3, -0.25) is 4.84 Å². The van der Waals surface area contributed by atoms with Crippen molar-refractivity contribution in [3.63, 3.8) is 0 Å². The molecule has 0 atom stereocenters. The van der Waals surface area contributed by atoms with Gasteiger partial charge in [0.1, 0.15) is 24.8 Å². The minimum absolute atomic E-state index is 0.0907. The summed E-state index contributed by atoms with van der Waals surface area (Å²) in [5.41, 5.74) is 7.17. The molecule has 0 spiro atoms. The molecule has 0 aromatic heterocycles. The second-order valence-electron chi connectivity index (χ2n) is 7.86. The van der Waals surface area contributed by atoms with Crippen LogP contribution in [0.25, 0.3) is 10.8 Å². The van der Waals surface area contributed by atoms with Crippen LogP contribution in [0.1, 0.15) is 29.9 Å². The predicted molar refractivity (Wildman–Crippen MR) is 120 cm³/mol. The van der Waals surface area contributed by atoms with Crippen molar-refractivity contribution in [1.29, 1.82) is 0 Å². The summed E-state index contributed by atoms with van der Waals surface area (Å²) in [6, 6.07) is 18.8. The van der Waals surface area contributed by atoms with Gasteiger partial charge < -0.3 is 15.2 Å². The Balaban J connectivity index is 1.34. The maximum absolute atomic E-state index is 13.2. The number of halogens is 1. The summed E-state index contributed by atoms with van der Waals surface area (Å²) in [5, 5.41) is 4.03. The molecule has 0 bridgehead atoms. The van der Waals surface area contributed by atoms with Crippen LogP contribution in [-0.4, -0.2) is 37.5 Å². The van der Waals surface area contributed by atoms with Gasteiger partial charge in [-0.15, -0.1) is 0 Å². The van der Waals surface area contributed by atoms with Crippen LogP contribution in [0.2, 0.25) is 0 Å². The Hall–Kier alpha value is -3.16. The van der Waals surface area contributed by atoms with Crippen molar-refractivity contribution in [3.05, 3.63) is 77.6 Å². The smallest absolute Gasteiger partial charge is 0.404 e. The first-order valence-electron chi connectivity index (χ1n) is 10.8. The largest absolute Gasteiger partial charge is 0.489 e. The molecule has 4 rings (SSSR count). The highest BCUT2D eigenvalue weighted by molar-refractivity contribution is 5.89. The van der Waals surface area contributed by atoms with Crippen LogP contribution in [0.15, 0.2) is 60.7 Å². The molecule has 3 aromatic rings. The summed E-state index contributed by atoms with van der Waals surface area (Å²) >= 11 is 0. The third kappa shape index (κ3) is 5.75. The van der Waals surface area contributed by atoms with E-state index in [0.717, 1.165) is 42.3 Å². The van der Waals surface area contributed by atoms with Gasteiger partial charge in [0.15, 0.2) is 0 Å². The number of carbonyl (C=O) groups excluding carboxylic acids is 1. The van der Waals surface area contributed by atoms with Crippen molar-refractivity contribution < 1.29 is 23.5 Å². The highest BCUT2D eigenvalue weighted by Gasteiger charge is 2.21. The maximum atomic E-state index is 13.2. The second-order valence-corrected chi connectivity index (χ2v) is 7.86. The predicted octanol–water partition coefficient (Wildman–Crippen LogP) is 4.76. The average Bonchev–Trinajstić information content (AvgIpc) is 2.81. The molecule has 0 saturated carbocycles. The molecule has 3 aromatic carbocycles. The third-order valence-corrected chi connectivity index (χ3v) is 5.68. The zero-order valence-electron chi connectivity index (χ0n) is 17.8. The summed E-state index contributed by atoms with van der Waals surface area (Å²) in [7, 11) is 0. The van der Waals surface area contributed by atoms with Crippen molar-refractivity contribution in [1.82, 2.24) is 5.06 Å². The van der Waals surface area contributed by atoms with Gasteiger partial charge in [0.05, 0.1) is 6.61 Å². The number of nitrogens with two attached hydrogens (primary N) is 1. The van der Waals surface area contributed by atoms with Crippen LogP contribution in [0.4, 0.5) is 9.18 Å². The fourth-order valence-electron chi connectivity index (χ4n) is 4.05. The fourth-order valence-corrected chi connectivity index (χ4v) is 4.05. The number of nitrogens with zero attached hydrogens (tertiary/aromatic N) is 1. The Morgan fingerprint density at radius 2 is 1.78 bits per heavy atom. The van der Waals surface area contributed by atoms with E-state index < -0.39 is 6.09 Å². The molecule has 1 aliphatic rings. The first-order chi connectivity index (χ1) is 15.6. The SMILES string of the molecule is NC(=O)OCCOc1cc(CON2CCC(c3ccc(F)cc3)CC2)cc2ccccc12. The Kier molecular flexibility index (Phi) is 7.19. The van der Waals surface area contributed by atoms with E-state index in [2.05, 4.69) is 6.07 Å². The van der Waals surface area contributed by atoms with E-state index in [0.29, 0.717) is 18.3 Å². The van der Waals surface area contributed by atoms with Crippen LogP contribution in [-0.2, 0) is 16.2 Å². The van der Waals surface area contributed by atoms with Gasteiger partial charge >= 0.3 is 6.09 Å². The number of hydroxylamine groups is 2. The summed E-state index contributed by atoms with van der Waals surface area (Å²) < 4.78 is 23.7. The number of rotatable bonds is 8. The molecule has 0 radical (unpaired) electrons. The fraction of sp³-hybridized carbons (Fsp3) is 0.320. The monoisotopic (exact) mass is 438 g/mol. The van der Waals surface area contributed by atoms with Crippen LogP contribution >= 0.6 is 0 Å². The van der Waals surface area contributed by atoms with Gasteiger partial charge in [0.2, 0.25) is 0 Å². The number of amides is 1. The molecule has 1 aliphatic heterocycles.